The molecular formula is C16H22N2O2. The van der Waals surface area contributed by atoms with E-state index in [2.05, 4.69) is 12.2 Å². The standard InChI is InChI=1S/C16H22N2O2/c1-2-18(14-10-12-5-6-13(11-14)17-12)16(19)8-7-15-4-3-9-20-15/h3-4,7-9,12-14,17H,2,5-6,10-11H2,1H3/b8-7+. The molecule has 2 atom stereocenters. The molecule has 2 fully saturated rings. The Morgan fingerprint density at radius 1 is 1.45 bits per heavy atom. The normalized spacial score (nSPS) is 28.9. The topological polar surface area (TPSA) is 45.5 Å². The third-order valence-corrected chi connectivity index (χ3v) is 4.45. The second-order valence-corrected chi connectivity index (χ2v) is 5.74. The lowest BCUT2D eigenvalue weighted by molar-refractivity contribution is -0.128. The highest BCUT2D eigenvalue weighted by Gasteiger charge is 2.36. The summed E-state index contributed by atoms with van der Waals surface area (Å²) in [5, 5.41) is 3.62. The molecule has 0 saturated carbocycles. The van der Waals surface area contributed by atoms with Gasteiger partial charge in [-0.25, -0.2) is 0 Å². The summed E-state index contributed by atoms with van der Waals surface area (Å²) >= 11 is 0. The van der Waals surface area contributed by atoms with Crippen molar-refractivity contribution in [1.82, 2.24) is 10.2 Å². The molecule has 108 valence electrons. The predicted molar refractivity (Wildman–Crippen MR) is 78.1 cm³/mol. The maximum Gasteiger partial charge on any atom is 0.246 e. The van der Waals surface area contributed by atoms with Crippen molar-refractivity contribution in [3.63, 3.8) is 0 Å². The lowest BCUT2D eigenvalue weighted by atomic mass is 9.98. The summed E-state index contributed by atoms with van der Waals surface area (Å²) in [6.07, 6.45) is 9.69. The molecule has 0 aliphatic carbocycles. The van der Waals surface area contributed by atoms with Gasteiger partial charge in [-0.1, -0.05) is 0 Å². The number of carbonyl (C=O) groups excluding carboxylic acids is 1. The van der Waals surface area contributed by atoms with E-state index in [4.69, 9.17) is 4.42 Å². The number of likely N-dealkylation sites (N-methyl/N-ethyl adjacent to an activating group) is 1. The van der Waals surface area contributed by atoms with E-state index in [-0.39, 0.29) is 5.91 Å². The summed E-state index contributed by atoms with van der Waals surface area (Å²) in [5.41, 5.74) is 0. The van der Waals surface area contributed by atoms with Gasteiger partial charge in [0, 0.05) is 30.7 Å². The fraction of sp³-hybridized carbons (Fsp3) is 0.562. The van der Waals surface area contributed by atoms with E-state index < -0.39 is 0 Å². The smallest absolute Gasteiger partial charge is 0.246 e. The third-order valence-electron chi connectivity index (χ3n) is 4.45. The molecule has 1 aromatic rings. The molecule has 2 unspecified atom stereocenters. The van der Waals surface area contributed by atoms with Gasteiger partial charge in [0.15, 0.2) is 0 Å². The van der Waals surface area contributed by atoms with E-state index in [0.717, 1.165) is 25.1 Å². The molecule has 2 saturated heterocycles. The number of nitrogens with one attached hydrogen (secondary N) is 1. The van der Waals surface area contributed by atoms with Gasteiger partial charge in [0.1, 0.15) is 5.76 Å². The van der Waals surface area contributed by atoms with Gasteiger partial charge in [-0.2, -0.15) is 0 Å². The highest BCUT2D eigenvalue weighted by atomic mass is 16.3. The molecule has 0 radical (unpaired) electrons. The van der Waals surface area contributed by atoms with Crippen LogP contribution in [0.25, 0.3) is 6.08 Å². The summed E-state index contributed by atoms with van der Waals surface area (Å²) in [6.45, 7) is 2.83. The summed E-state index contributed by atoms with van der Waals surface area (Å²) < 4.78 is 5.22. The van der Waals surface area contributed by atoms with E-state index in [0.29, 0.717) is 18.1 Å². The number of rotatable bonds is 4. The molecule has 4 nitrogen and oxygen atoms in total. The van der Waals surface area contributed by atoms with Crippen molar-refractivity contribution >= 4 is 12.0 Å². The van der Waals surface area contributed by atoms with Gasteiger partial charge in [0.25, 0.3) is 0 Å². The van der Waals surface area contributed by atoms with Gasteiger partial charge in [-0.3, -0.25) is 4.79 Å². The number of hydrogen-bond donors (Lipinski definition) is 1. The summed E-state index contributed by atoms with van der Waals surface area (Å²) in [5.74, 6) is 0.815. The Labute approximate surface area is 119 Å². The Bertz CT molecular complexity index is 469. The number of nitrogens with zero attached hydrogens (tertiary/aromatic N) is 1. The van der Waals surface area contributed by atoms with Crippen molar-refractivity contribution in [1.29, 1.82) is 0 Å². The largest absolute Gasteiger partial charge is 0.465 e. The minimum Gasteiger partial charge on any atom is -0.465 e. The number of hydrogen-bond acceptors (Lipinski definition) is 3. The van der Waals surface area contributed by atoms with Crippen molar-refractivity contribution < 1.29 is 9.21 Å². The first-order chi connectivity index (χ1) is 9.76. The Kier molecular flexibility index (Phi) is 3.92. The van der Waals surface area contributed by atoms with Crippen molar-refractivity contribution in [2.75, 3.05) is 6.54 Å². The van der Waals surface area contributed by atoms with Gasteiger partial charge in [-0.15, -0.1) is 0 Å². The summed E-state index contributed by atoms with van der Waals surface area (Å²) in [7, 11) is 0. The average Bonchev–Trinajstić information content (AvgIpc) is 3.07. The van der Waals surface area contributed by atoms with Gasteiger partial charge in [0.05, 0.1) is 6.26 Å². The van der Waals surface area contributed by atoms with Crippen molar-refractivity contribution in [3.8, 4) is 0 Å². The molecular weight excluding hydrogens is 252 g/mol. The molecule has 1 N–H and O–H groups in total. The highest BCUT2D eigenvalue weighted by molar-refractivity contribution is 5.91. The minimum atomic E-state index is 0.0928. The second-order valence-electron chi connectivity index (χ2n) is 5.74. The molecule has 1 amide bonds. The molecule has 0 aromatic carbocycles. The van der Waals surface area contributed by atoms with E-state index in [1.54, 1.807) is 18.4 Å². The number of carbonyl (C=O) groups is 1. The minimum absolute atomic E-state index is 0.0928. The first kappa shape index (κ1) is 13.4. The Hall–Kier alpha value is -1.55. The molecule has 2 aliphatic heterocycles. The molecule has 0 spiro atoms. The lowest BCUT2D eigenvalue weighted by Gasteiger charge is -2.36. The molecule has 2 aliphatic rings. The van der Waals surface area contributed by atoms with Crippen LogP contribution in [0, 0.1) is 0 Å². The van der Waals surface area contributed by atoms with Crippen molar-refractivity contribution in [3.05, 3.63) is 30.2 Å². The average molecular weight is 274 g/mol. The lowest BCUT2D eigenvalue weighted by Crippen LogP contribution is -2.49. The third kappa shape index (κ3) is 2.80. The zero-order valence-electron chi connectivity index (χ0n) is 11.9. The van der Waals surface area contributed by atoms with E-state index >= 15 is 0 Å². The second kappa shape index (κ2) is 5.83. The Morgan fingerprint density at radius 3 is 2.80 bits per heavy atom. The molecule has 3 heterocycles. The van der Waals surface area contributed by atoms with Gasteiger partial charge in [-0.05, 0) is 50.8 Å². The van der Waals surface area contributed by atoms with Crippen LogP contribution in [0.1, 0.15) is 38.4 Å². The van der Waals surface area contributed by atoms with Crippen LogP contribution < -0.4 is 5.32 Å². The van der Waals surface area contributed by atoms with Gasteiger partial charge < -0.3 is 14.6 Å². The SMILES string of the molecule is CCN(C(=O)/C=C/c1ccco1)C1CC2CCC(C1)N2. The molecule has 1 aromatic heterocycles. The monoisotopic (exact) mass is 274 g/mol. The molecule has 3 rings (SSSR count). The first-order valence-electron chi connectivity index (χ1n) is 7.54. The van der Waals surface area contributed by atoms with Gasteiger partial charge >= 0.3 is 0 Å². The van der Waals surface area contributed by atoms with E-state index in [1.165, 1.54) is 12.8 Å². The molecule has 2 bridgehead atoms. The zero-order chi connectivity index (χ0) is 13.9. The van der Waals surface area contributed by atoms with Crippen LogP contribution in [0.15, 0.2) is 28.9 Å². The maximum absolute atomic E-state index is 12.4. The number of piperidine rings is 1. The van der Waals surface area contributed by atoms with Crippen LogP contribution in [-0.4, -0.2) is 35.5 Å². The van der Waals surface area contributed by atoms with Crippen LogP contribution >= 0.6 is 0 Å². The Balaban J connectivity index is 1.65. The first-order valence-corrected chi connectivity index (χ1v) is 7.54. The van der Waals surface area contributed by atoms with Crippen LogP contribution in [0.2, 0.25) is 0 Å². The Morgan fingerprint density at radius 2 is 2.20 bits per heavy atom. The van der Waals surface area contributed by atoms with Crippen LogP contribution in [0.5, 0.6) is 0 Å². The zero-order valence-corrected chi connectivity index (χ0v) is 11.9. The molecule has 20 heavy (non-hydrogen) atoms. The van der Waals surface area contributed by atoms with Gasteiger partial charge in [0.2, 0.25) is 5.91 Å². The quantitative estimate of drug-likeness (QED) is 0.858. The predicted octanol–water partition coefficient (Wildman–Crippen LogP) is 2.42. The number of fused-ring (bicyclic) bond motifs is 2. The van der Waals surface area contributed by atoms with Crippen LogP contribution in [0.4, 0.5) is 0 Å². The fourth-order valence-electron chi connectivity index (χ4n) is 3.51. The maximum atomic E-state index is 12.4. The van der Waals surface area contributed by atoms with E-state index in [9.17, 15) is 4.79 Å². The fourth-order valence-corrected chi connectivity index (χ4v) is 3.51. The van der Waals surface area contributed by atoms with E-state index in [1.807, 2.05) is 17.0 Å². The number of amides is 1. The van der Waals surface area contributed by atoms with Crippen molar-refractivity contribution in [2.24, 2.45) is 0 Å². The summed E-state index contributed by atoms with van der Waals surface area (Å²) in [4.78, 5) is 14.4. The number of furan rings is 1. The molecule has 4 heteroatoms. The summed E-state index contributed by atoms with van der Waals surface area (Å²) in [6, 6.07) is 5.27. The van der Waals surface area contributed by atoms with Crippen LogP contribution in [0.3, 0.4) is 0 Å². The highest BCUT2D eigenvalue weighted by Crippen LogP contribution is 2.29. The van der Waals surface area contributed by atoms with Crippen molar-refractivity contribution in [2.45, 2.75) is 50.7 Å². The van der Waals surface area contributed by atoms with Crippen LogP contribution in [-0.2, 0) is 4.79 Å².